The van der Waals surface area contributed by atoms with E-state index in [9.17, 15) is 9.18 Å². The Hall–Kier alpha value is -1.17. The van der Waals surface area contributed by atoms with Crippen LogP contribution in [0.3, 0.4) is 0 Å². The number of halogens is 2. The molecule has 2 bridgehead atoms. The molecule has 0 aliphatic heterocycles. The van der Waals surface area contributed by atoms with Gasteiger partial charge in [-0.1, -0.05) is 18.6 Å². The molecule has 4 nitrogen and oxygen atoms in total. The topological polar surface area (TPSA) is 75.4 Å². The van der Waals surface area contributed by atoms with Crippen molar-refractivity contribution in [2.75, 3.05) is 0 Å². The Balaban J connectivity index is 0.00000208. The third-order valence-electron chi connectivity index (χ3n) is 5.54. The van der Waals surface area contributed by atoms with E-state index >= 15 is 0 Å². The summed E-state index contributed by atoms with van der Waals surface area (Å²) in [6.45, 7) is 0.00290. The summed E-state index contributed by atoms with van der Waals surface area (Å²) in [6.07, 6.45) is 5.25. The van der Waals surface area contributed by atoms with E-state index in [0.717, 1.165) is 25.7 Å². The molecule has 2 saturated carbocycles. The molecule has 2 aliphatic rings. The van der Waals surface area contributed by atoms with Crippen LogP contribution in [-0.4, -0.2) is 17.1 Å². The van der Waals surface area contributed by atoms with Crippen LogP contribution in [-0.2, 0) is 17.9 Å². The highest BCUT2D eigenvalue weighted by atomic mass is 35.5. The zero-order valence-electron chi connectivity index (χ0n) is 13.7. The Morgan fingerprint density at radius 3 is 2.54 bits per heavy atom. The van der Waals surface area contributed by atoms with Crippen molar-refractivity contribution in [2.45, 2.75) is 51.3 Å². The zero-order valence-corrected chi connectivity index (χ0v) is 14.5. The minimum atomic E-state index is -0.433. The highest BCUT2D eigenvalue weighted by Crippen LogP contribution is 2.41. The van der Waals surface area contributed by atoms with Gasteiger partial charge in [-0.2, -0.15) is 0 Å². The molecule has 0 spiro atoms. The Bertz CT molecular complexity index is 570. The molecule has 1 aromatic carbocycles. The normalized spacial score (nSPS) is 28.8. The maximum absolute atomic E-state index is 13.6. The summed E-state index contributed by atoms with van der Waals surface area (Å²) in [7, 11) is 0. The second-order valence-corrected chi connectivity index (χ2v) is 7.00. The Morgan fingerprint density at radius 2 is 1.96 bits per heavy atom. The van der Waals surface area contributed by atoms with Gasteiger partial charge in [-0.05, 0) is 49.1 Å². The van der Waals surface area contributed by atoms with Crippen molar-refractivity contribution in [2.24, 2.45) is 23.5 Å². The lowest BCUT2D eigenvalue weighted by Gasteiger charge is -2.43. The van der Waals surface area contributed by atoms with Gasteiger partial charge in [0, 0.05) is 24.1 Å². The minimum absolute atomic E-state index is 0. The number of hydrogen-bond acceptors (Lipinski definition) is 3. The van der Waals surface area contributed by atoms with Gasteiger partial charge in [0.1, 0.15) is 5.82 Å². The van der Waals surface area contributed by atoms with Crippen LogP contribution in [0.25, 0.3) is 0 Å². The van der Waals surface area contributed by atoms with Crippen molar-refractivity contribution in [3.05, 3.63) is 35.1 Å². The number of fused-ring (bicyclic) bond motifs is 2. The lowest BCUT2D eigenvalue weighted by molar-refractivity contribution is -0.128. The van der Waals surface area contributed by atoms with Gasteiger partial charge in [-0.3, -0.25) is 4.79 Å². The number of carbonyl (C=O) groups is 1. The summed E-state index contributed by atoms with van der Waals surface area (Å²) in [6, 6.07) is 4.92. The number of hydrogen-bond donors (Lipinski definition) is 3. The number of benzene rings is 1. The van der Waals surface area contributed by atoms with Crippen LogP contribution in [0.1, 0.15) is 43.2 Å². The van der Waals surface area contributed by atoms with Gasteiger partial charge < -0.3 is 16.2 Å². The summed E-state index contributed by atoms with van der Waals surface area (Å²) in [5, 5.41) is 11.9. The summed E-state index contributed by atoms with van der Waals surface area (Å²) < 4.78 is 13.6. The van der Waals surface area contributed by atoms with Gasteiger partial charge in [0.25, 0.3) is 0 Å². The number of aliphatic hydroxyl groups is 1. The van der Waals surface area contributed by atoms with Crippen molar-refractivity contribution in [3.63, 3.8) is 0 Å². The Labute approximate surface area is 148 Å². The maximum atomic E-state index is 13.6. The van der Waals surface area contributed by atoms with Gasteiger partial charge >= 0.3 is 0 Å². The van der Waals surface area contributed by atoms with E-state index in [1.165, 1.54) is 12.5 Å². The van der Waals surface area contributed by atoms with Gasteiger partial charge in [-0.25, -0.2) is 4.39 Å². The quantitative estimate of drug-likeness (QED) is 0.776. The first-order valence-electron chi connectivity index (χ1n) is 8.50. The largest absolute Gasteiger partial charge is 0.392 e. The Morgan fingerprint density at radius 1 is 1.29 bits per heavy atom. The molecule has 2 fully saturated rings. The van der Waals surface area contributed by atoms with Crippen LogP contribution in [0.4, 0.5) is 4.39 Å². The maximum Gasteiger partial charge on any atom is 0.223 e. The zero-order chi connectivity index (χ0) is 16.4. The highest BCUT2D eigenvalue weighted by Gasteiger charge is 2.40. The number of rotatable bonds is 4. The fourth-order valence-corrected chi connectivity index (χ4v) is 4.17. The smallest absolute Gasteiger partial charge is 0.223 e. The second kappa shape index (κ2) is 8.28. The van der Waals surface area contributed by atoms with Crippen molar-refractivity contribution in [3.8, 4) is 0 Å². The van der Waals surface area contributed by atoms with Gasteiger partial charge in [0.05, 0.1) is 6.61 Å². The highest BCUT2D eigenvalue weighted by molar-refractivity contribution is 5.85. The van der Waals surface area contributed by atoms with E-state index in [2.05, 4.69) is 5.32 Å². The van der Waals surface area contributed by atoms with Crippen molar-refractivity contribution < 1.29 is 14.3 Å². The van der Waals surface area contributed by atoms with E-state index < -0.39 is 5.82 Å². The summed E-state index contributed by atoms with van der Waals surface area (Å²) in [5.74, 6) is 0.601. The van der Waals surface area contributed by atoms with Crippen LogP contribution < -0.4 is 11.1 Å². The van der Waals surface area contributed by atoms with Crippen LogP contribution in [0.2, 0.25) is 0 Å². The average molecular weight is 357 g/mol. The molecule has 24 heavy (non-hydrogen) atoms. The standard InChI is InChI=1S/C18H25FN2O2.ClH/c19-16-6-11(4-5-14(16)10-22)9-21-18(23)15-7-12-2-1-3-13(8-15)17(12)20;/h4-6,12-13,15,17,22H,1-3,7-10,20H2,(H,21,23);1H. The average Bonchev–Trinajstić information content (AvgIpc) is 2.52. The molecule has 134 valence electrons. The number of nitrogens with one attached hydrogen (secondary N) is 1. The first kappa shape index (κ1) is 19.2. The molecule has 0 saturated heterocycles. The van der Waals surface area contributed by atoms with Gasteiger partial charge in [-0.15, -0.1) is 12.4 Å². The van der Waals surface area contributed by atoms with Crippen LogP contribution in [0.5, 0.6) is 0 Å². The summed E-state index contributed by atoms with van der Waals surface area (Å²) in [4.78, 5) is 12.4. The molecule has 0 heterocycles. The molecule has 2 atom stereocenters. The number of nitrogens with two attached hydrogens (primary N) is 1. The molecule has 2 unspecified atom stereocenters. The van der Waals surface area contributed by atoms with Crippen LogP contribution >= 0.6 is 12.4 Å². The van der Waals surface area contributed by atoms with Crippen LogP contribution in [0.15, 0.2) is 18.2 Å². The third-order valence-corrected chi connectivity index (χ3v) is 5.54. The molecule has 1 aromatic rings. The molecule has 2 aliphatic carbocycles. The SMILES string of the molecule is Cl.NC1C2CCCC1CC(C(=O)NCc1ccc(CO)c(F)c1)C2. The summed E-state index contributed by atoms with van der Waals surface area (Å²) in [5.41, 5.74) is 7.24. The Kier molecular flexibility index (Phi) is 6.61. The fraction of sp³-hybridized carbons (Fsp3) is 0.611. The number of amides is 1. The van der Waals surface area contributed by atoms with Crippen molar-refractivity contribution in [1.82, 2.24) is 5.32 Å². The predicted molar refractivity (Wildman–Crippen MR) is 92.9 cm³/mol. The molecule has 0 radical (unpaired) electrons. The van der Waals surface area contributed by atoms with Crippen molar-refractivity contribution in [1.29, 1.82) is 0 Å². The summed E-state index contributed by atoms with van der Waals surface area (Å²) >= 11 is 0. The number of carbonyl (C=O) groups excluding carboxylic acids is 1. The molecular formula is C18H26ClFN2O2. The first-order valence-corrected chi connectivity index (χ1v) is 8.50. The molecule has 4 N–H and O–H groups in total. The molecular weight excluding hydrogens is 331 g/mol. The lowest BCUT2D eigenvalue weighted by Crippen LogP contribution is -2.49. The lowest BCUT2D eigenvalue weighted by atomic mass is 9.65. The molecule has 6 heteroatoms. The van der Waals surface area contributed by atoms with Crippen LogP contribution in [0, 0.1) is 23.6 Å². The molecule has 0 aromatic heterocycles. The van der Waals surface area contributed by atoms with Crippen molar-refractivity contribution >= 4 is 18.3 Å². The van der Waals surface area contributed by atoms with E-state index in [4.69, 9.17) is 10.8 Å². The van der Waals surface area contributed by atoms with E-state index in [-0.39, 0.29) is 42.4 Å². The van der Waals surface area contributed by atoms with Gasteiger partial charge in [0.2, 0.25) is 5.91 Å². The van der Waals surface area contributed by atoms with E-state index in [1.54, 1.807) is 12.1 Å². The number of aliphatic hydroxyl groups excluding tert-OH is 1. The minimum Gasteiger partial charge on any atom is -0.392 e. The second-order valence-electron chi connectivity index (χ2n) is 7.00. The predicted octanol–water partition coefficient (Wildman–Crippen LogP) is 2.51. The van der Waals surface area contributed by atoms with E-state index in [0.29, 0.717) is 23.9 Å². The fourth-order valence-electron chi connectivity index (χ4n) is 4.17. The van der Waals surface area contributed by atoms with Gasteiger partial charge in [0.15, 0.2) is 0 Å². The van der Waals surface area contributed by atoms with E-state index in [1.807, 2.05) is 0 Å². The molecule has 3 rings (SSSR count). The third kappa shape index (κ3) is 4.08. The first-order chi connectivity index (χ1) is 11.1. The monoisotopic (exact) mass is 356 g/mol. The molecule has 1 amide bonds.